The standard InChI is InChI=1S/C21H20BrNO3/c1-3-11-26-20-17(22)12-15(13-19(20)25-2)21(24)23-18-10-6-8-14-7-4-5-9-16(14)18/h4-10,12-13H,3,11H2,1-2H3,(H,23,24). The van der Waals surface area contributed by atoms with Gasteiger partial charge in [0.25, 0.3) is 5.91 Å². The van der Waals surface area contributed by atoms with Crippen LogP contribution in [0.2, 0.25) is 0 Å². The minimum absolute atomic E-state index is 0.206. The van der Waals surface area contributed by atoms with Gasteiger partial charge in [0.05, 0.1) is 18.2 Å². The largest absolute Gasteiger partial charge is 0.493 e. The summed E-state index contributed by atoms with van der Waals surface area (Å²) in [5.41, 5.74) is 1.26. The van der Waals surface area contributed by atoms with E-state index in [1.807, 2.05) is 49.4 Å². The summed E-state index contributed by atoms with van der Waals surface area (Å²) < 4.78 is 11.8. The summed E-state index contributed by atoms with van der Waals surface area (Å²) in [5, 5.41) is 5.06. The lowest BCUT2D eigenvalue weighted by Gasteiger charge is -2.14. The van der Waals surface area contributed by atoms with Crippen molar-refractivity contribution in [3.8, 4) is 11.5 Å². The zero-order valence-electron chi connectivity index (χ0n) is 14.7. The average molecular weight is 414 g/mol. The van der Waals surface area contributed by atoms with Crippen LogP contribution >= 0.6 is 15.9 Å². The van der Waals surface area contributed by atoms with Crippen LogP contribution in [0.15, 0.2) is 59.1 Å². The van der Waals surface area contributed by atoms with E-state index >= 15 is 0 Å². The average Bonchev–Trinajstić information content (AvgIpc) is 2.66. The lowest BCUT2D eigenvalue weighted by Crippen LogP contribution is -2.13. The normalized spacial score (nSPS) is 10.6. The number of halogens is 1. The van der Waals surface area contributed by atoms with E-state index in [4.69, 9.17) is 9.47 Å². The van der Waals surface area contributed by atoms with Gasteiger partial charge in [0.15, 0.2) is 11.5 Å². The molecule has 3 aromatic carbocycles. The van der Waals surface area contributed by atoms with Crippen molar-refractivity contribution in [3.05, 3.63) is 64.6 Å². The number of hydrogen-bond donors (Lipinski definition) is 1. The maximum atomic E-state index is 12.8. The van der Waals surface area contributed by atoms with Crippen LogP contribution in [0.25, 0.3) is 10.8 Å². The van der Waals surface area contributed by atoms with Gasteiger partial charge in [-0.15, -0.1) is 0 Å². The first kappa shape index (κ1) is 18.3. The van der Waals surface area contributed by atoms with Crippen molar-refractivity contribution >= 4 is 38.3 Å². The zero-order valence-corrected chi connectivity index (χ0v) is 16.3. The molecule has 0 unspecified atom stereocenters. The Morgan fingerprint density at radius 1 is 1.12 bits per heavy atom. The van der Waals surface area contributed by atoms with Crippen molar-refractivity contribution in [1.82, 2.24) is 0 Å². The molecule has 1 amide bonds. The van der Waals surface area contributed by atoms with E-state index in [9.17, 15) is 4.79 Å². The van der Waals surface area contributed by atoms with Gasteiger partial charge in [-0.1, -0.05) is 43.3 Å². The lowest BCUT2D eigenvalue weighted by atomic mass is 10.1. The van der Waals surface area contributed by atoms with Gasteiger partial charge in [0.2, 0.25) is 0 Å². The molecule has 5 heteroatoms. The molecule has 3 rings (SSSR count). The van der Waals surface area contributed by atoms with Gasteiger partial charge in [0.1, 0.15) is 0 Å². The van der Waals surface area contributed by atoms with E-state index in [2.05, 4.69) is 21.2 Å². The molecule has 0 aliphatic carbocycles. The number of carbonyl (C=O) groups excluding carboxylic acids is 1. The molecule has 26 heavy (non-hydrogen) atoms. The van der Waals surface area contributed by atoms with Gasteiger partial charge in [-0.05, 0) is 45.9 Å². The van der Waals surface area contributed by atoms with E-state index in [0.717, 1.165) is 22.9 Å². The van der Waals surface area contributed by atoms with E-state index < -0.39 is 0 Å². The molecule has 0 aliphatic rings. The fourth-order valence-electron chi connectivity index (χ4n) is 2.72. The monoisotopic (exact) mass is 413 g/mol. The molecule has 0 spiro atoms. The third kappa shape index (κ3) is 3.83. The lowest BCUT2D eigenvalue weighted by molar-refractivity contribution is 0.102. The highest BCUT2D eigenvalue weighted by atomic mass is 79.9. The molecule has 0 bridgehead atoms. The van der Waals surface area contributed by atoms with Crippen molar-refractivity contribution in [2.75, 3.05) is 19.0 Å². The van der Waals surface area contributed by atoms with Crippen LogP contribution in [0.3, 0.4) is 0 Å². The summed E-state index contributed by atoms with van der Waals surface area (Å²) in [5.74, 6) is 0.925. The van der Waals surface area contributed by atoms with Crippen molar-refractivity contribution in [1.29, 1.82) is 0 Å². The first-order chi connectivity index (χ1) is 12.6. The van der Waals surface area contributed by atoms with Crippen LogP contribution in [-0.4, -0.2) is 19.6 Å². The predicted molar refractivity (Wildman–Crippen MR) is 108 cm³/mol. The third-order valence-electron chi connectivity index (χ3n) is 3.98. The summed E-state index contributed by atoms with van der Waals surface area (Å²) in [6.45, 7) is 2.61. The number of methoxy groups -OCH3 is 1. The topological polar surface area (TPSA) is 47.6 Å². The summed E-state index contributed by atoms with van der Waals surface area (Å²) in [6.07, 6.45) is 0.888. The molecule has 134 valence electrons. The second-order valence-electron chi connectivity index (χ2n) is 5.82. The number of ether oxygens (including phenoxy) is 2. The molecule has 0 atom stereocenters. The quantitative estimate of drug-likeness (QED) is 0.567. The number of amides is 1. The maximum absolute atomic E-state index is 12.8. The maximum Gasteiger partial charge on any atom is 0.255 e. The van der Waals surface area contributed by atoms with Crippen LogP contribution < -0.4 is 14.8 Å². The van der Waals surface area contributed by atoms with Crippen molar-refractivity contribution in [2.45, 2.75) is 13.3 Å². The molecule has 0 aliphatic heterocycles. The summed E-state index contributed by atoms with van der Waals surface area (Å²) in [4.78, 5) is 12.8. The summed E-state index contributed by atoms with van der Waals surface area (Å²) >= 11 is 3.48. The molecule has 0 saturated carbocycles. The molecule has 0 heterocycles. The number of rotatable bonds is 6. The minimum Gasteiger partial charge on any atom is -0.493 e. The number of benzene rings is 3. The van der Waals surface area contributed by atoms with Crippen LogP contribution in [-0.2, 0) is 0 Å². The molecule has 0 aromatic heterocycles. The van der Waals surface area contributed by atoms with Gasteiger partial charge in [-0.2, -0.15) is 0 Å². The van der Waals surface area contributed by atoms with Crippen LogP contribution in [0.4, 0.5) is 5.69 Å². The summed E-state index contributed by atoms with van der Waals surface area (Å²) in [7, 11) is 1.56. The Bertz CT molecular complexity index is 934. The second-order valence-corrected chi connectivity index (χ2v) is 6.67. The highest BCUT2D eigenvalue weighted by Gasteiger charge is 2.16. The van der Waals surface area contributed by atoms with Gasteiger partial charge in [-0.25, -0.2) is 0 Å². The van der Waals surface area contributed by atoms with E-state index in [-0.39, 0.29) is 5.91 Å². The molecule has 4 nitrogen and oxygen atoms in total. The number of fused-ring (bicyclic) bond motifs is 1. The molecule has 0 saturated heterocycles. The Balaban J connectivity index is 1.91. The Kier molecular flexibility index (Phi) is 5.78. The highest BCUT2D eigenvalue weighted by molar-refractivity contribution is 9.10. The molecular formula is C21H20BrNO3. The number of nitrogens with one attached hydrogen (secondary N) is 1. The van der Waals surface area contributed by atoms with Gasteiger partial charge >= 0.3 is 0 Å². The smallest absolute Gasteiger partial charge is 0.255 e. The first-order valence-electron chi connectivity index (χ1n) is 8.43. The van der Waals surface area contributed by atoms with Crippen molar-refractivity contribution in [2.24, 2.45) is 0 Å². The van der Waals surface area contributed by atoms with E-state index in [1.165, 1.54) is 0 Å². The highest BCUT2D eigenvalue weighted by Crippen LogP contribution is 2.37. The molecule has 3 aromatic rings. The molecular weight excluding hydrogens is 394 g/mol. The Labute approximate surface area is 161 Å². The van der Waals surface area contributed by atoms with Gasteiger partial charge in [-0.3, -0.25) is 4.79 Å². The van der Waals surface area contributed by atoms with Crippen LogP contribution in [0, 0.1) is 0 Å². The van der Waals surface area contributed by atoms with E-state index in [1.54, 1.807) is 19.2 Å². The molecule has 0 radical (unpaired) electrons. The van der Waals surface area contributed by atoms with Gasteiger partial charge < -0.3 is 14.8 Å². The first-order valence-corrected chi connectivity index (χ1v) is 9.22. The van der Waals surface area contributed by atoms with Crippen LogP contribution in [0.5, 0.6) is 11.5 Å². The predicted octanol–water partition coefficient (Wildman–Crippen LogP) is 5.65. The third-order valence-corrected chi connectivity index (χ3v) is 4.57. The SMILES string of the molecule is CCCOc1c(Br)cc(C(=O)Nc2cccc3ccccc23)cc1OC. The molecule has 0 fully saturated rings. The summed E-state index contributed by atoms with van der Waals surface area (Å²) in [6, 6.07) is 17.2. The Morgan fingerprint density at radius 2 is 1.88 bits per heavy atom. The Morgan fingerprint density at radius 3 is 2.65 bits per heavy atom. The number of carbonyl (C=O) groups is 1. The minimum atomic E-state index is -0.206. The number of anilines is 1. The Hall–Kier alpha value is -2.53. The van der Waals surface area contributed by atoms with Crippen LogP contribution in [0.1, 0.15) is 23.7 Å². The fraction of sp³-hybridized carbons (Fsp3) is 0.190. The zero-order chi connectivity index (χ0) is 18.5. The molecule has 1 N–H and O–H groups in total. The van der Waals surface area contributed by atoms with E-state index in [0.29, 0.717) is 28.1 Å². The second kappa shape index (κ2) is 8.23. The van der Waals surface area contributed by atoms with Crippen molar-refractivity contribution in [3.63, 3.8) is 0 Å². The van der Waals surface area contributed by atoms with Gasteiger partial charge in [0, 0.05) is 16.6 Å². The van der Waals surface area contributed by atoms with Crippen molar-refractivity contribution < 1.29 is 14.3 Å². The fourth-order valence-corrected chi connectivity index (χ4v) is 3.28. The number of hydrogen-bond acceptors (Lipinski definition) is 3.